The summed E-state index contributed by atoms with van der Waals surface area (Å²) in [4.78, 5) is 0. The molecule has 0 radical (unpaired) electrons. The van der Waals surface area contributed by atoms with Crippen LogP contribution in [0, 0.1) is 0 Å². The summed E-state index contributed by atoms with van der Waals surface area (Å²) in [6.07, 6.45) is 32.8. The van der Waals surface area contributed by atoms with E-state index in [1.165, 1.54) is 49.8 Å². The molecular weight excluding hydrogens is 386 g/mol. The molecule has 0 amide bonds. The molecule has 3 fully saturated rings. The van der Waals surface area contributed by atoms with E-state index in [2.05, 4.69) is 13.8 Å². The second-order valence-corrected chi connectivity index (χ2v) is 16.4. The summed E-state index contributed by atoms with van der Waals surface area (Å²) in [6, 6.07) is 0. The molecule has 0 aliphatic heterocycles. The van der Waals surface area contributed by atoms with Crippen LogP contribution in [0.2, 0.25) is 0 Å². The average molecular weight is 439 g/mol. The number of rotatable bonds is 11. The molecule has 3 aliphatic rings. The van der Waals surface area contributed by atoms with Crippen LogP contribution in [0.1, 0.15) is 136 Å². The van der Waals surface area contributed by atoms with Gasteiger partial charge in [0.2, 0.25) is 0 Å². The molecule has 0 aromatic carbocycles. The zero-order valence-electron chi connectivity index (χ0n) is 20.1. The van der Waals surface area contributed by atoms with Gasteiger partial charge < -0.3 is 0 Å². The van der Waals surface area contributed by atoms with Gasteiger partial charge in [-0.05, 0) is 92.7 Å². The van der Waals surface area contributed by atoms with Crippen LogP contribution in [0.4, 0.5) is 0 Å². The predicted molar refractivity (Wildman–Crippen MR) is 138 cm³/mol. The lowest BCUT2D eigenvalue weighted by Crippen LogP contribution is -2.23. The van der Waals surface area contributed by atoms with Crippen molar-refractivity contribution in [2.45, 2.75) is 158 Å². The lowest BCUT2D eigenvalue weighted by Gasteiger charge is -2.40. The van der Waals surface area contributed by atoms with E-state index >= 15 is 0 Å². The minimum absolute atomic E-state index is 0.297. The van der Waals surface area contributed by atoms with Gasteiger partial charge in [-0.15, -0.1) is 15.8 Å². The van der Waals surface area contributed by atoms with E-state index in [1.807, 2.05) is 0 Å². The predicted octanol–water partition coefficient (Wildman–Crippen LogP) is 9.92. The Morgan fingerprint density at radius 3 is 1.55 bits per heavy atom. The number of hydrogen-bond acceptors (Lipinski definition) is 0. The first-order valence-corrected chi connectivity index (χ1v) is 17.2. The maximum atomic E-state index is 2.51. The number of hydrogen-bond donors (Lipinski definition) is 0. The smallest absolute Gasteiger partial charge is 0.0207 e. The third-order valence-corrected chi connectivity index (χ3v) is 16.1. The fourth-order valence-electron chi connectivity index (χ4n) is 6.94. The van der Waals surface area contributed by atoms with Crippen LogP contribution in [0.5, 0.6) is 0 Å². The van der Waals surface area contributed by atoms with E-state index in [9.17, 15) is 0 Å². The molecule has 0 aromatic heterocycles. The summed E-state index contributed by atoms with van der Waals surface area (Å²) in [6.45, 7) is 4.94. The molecule has 3 saturated carbocycles. The van der Waals surface area contributed by atoms with Crippen molar-refractivity contribution in [1.29, 1.82) is 0 Å². The Bertz CT molecular complexity index is 351. The minimum Gasteiger partial charge on any atom is -0.100 e. The lowest BCUT2D eigenvalue weighted by molar-refractivity contribution is 0.484. The van der Waals surface area contributed by atoms with Crippen molar-refractivity contribution < 1.29 is 0 Å². The Kier molecular flexibility index (Phi) is 11.9. The van der Waals surface area contributed by atoms with Crippen LogP contribution in [0.15, 0.2) is 0 Å². The first-order chi connectivity index (χ1) is 14.3. The molecule has 0 bridgehead atoms. The van der Waals surface area contributed by atoms with Gasteiger partial charge >= 0.3 is 0 Å². The molecule has 0 heterocycles. The highest BCUT2D eigenvalue weighted by atomic mass is 31.1. The van der Waals surface area contributed by atoms with Gasteiger partial charge in [0.15, 0.2) is 0 Å². The Balaban J connectivity index is 1.59. The van der Waals surface area contributed by atoms with Crippen molar-refractivity contribution >= 4 is 15.8 Å². The molecule has 3 rings (SSSR count). The van der Waals surface area contributed by atoms with Gasteiger partial charge in [0, 0.05) is 0 Å². The van der Waals surface area contributed by atoms with E-state index in [-0.39, 0.29) is 0 Å². The van der Waals surface area contributed by atoms with Gasteiger partial charge in [0.05, 0.1) is 0 Å². The summed E-state index contributed by atoms with van der Waals surface area (Å²) < 4.78 is 0. The monoisotopic (exact) mass is 438 g/mol. The van der Waals surface area contributed by atoms with Crippen LogP contribution in [-0.4, -0.2) is 35.0 Å². The summed E-state index contributed by atoms with van der Waals surface area (Å²) in [5.41, 5.74) is 4.57. The topological polar surface area (TPSA) is 0 Å². The molecule has 2 heteroatoms. The zero-order valence-corrected chi connectivity index (χ0v) is 21.8. The molecule has 0 N–H and O–H groups in total. The largest absolute Gasteiger partial charge is 0.100 e. The first-order valence-electron chi connectivity index (χ1n) is 13.8. The Morgan fingerprint density at radius 1 is 0.621 bits per heavy atom. The van der Waals surface area contributed by atoms with Crippen molar-refractivity contribution in [2.75, 3.05) is 12.3 Å². The fraction of sp³-hybridized carbons (Fsp3) is 1.00. The van der Waals surface area contributed by atoms with Crippen molar-refractivity contribution in [3.05, 3.63) is 0 Å². The van der Waals surface area contributed by atoms with Gasteiger partial charge in [-0.3, -0.25) is 0 Å². The molecule has 0 nitrogen and oxygen atoms in total. The van der Waals surface area contributed by atoms with E-state index in [4.69, 9.17) is 0 Å². The average Bonchev–Trinajstić information content (AvgIpc) is 2.80. The standard InChI is InChI=1S/C27H52P2/c1-3-15-24(4-2)28(25-16-8-5-9-17-25)22-14-23-29(26-18-10-6-11-19-26)27-20-12-7-13-21-27/h24-27H,3-23H2,1-2H3. The highest BCUT2D eigenvalue weighted by Crippen LogP contribution is 2.58. The van der Waals surface area contributed by atoms with Crippen LogP contribution < -0.4 is 0 Å². The SMILES string of the molecule is CCCC(CC)P(CCCP(C1CCCCC1)C1CCCCC1)C1CCCCC1. The molecular formula is C27H52P2. The molecule has 29 heavy (non-hydrogen) atoms. The second-order valence-electron chi connectivity index (χ2n) is 10.6. The third kappa shape index (κ3) is 7.74. The van der Waals surface area contributed by atoms with Crippen LogP contribution in [0.25, 0.3) is 0 Å². The van der Waals surface area contributed by atoms with Gasteiger partial charge in [-0.2, -0.15) is 0 Å². The van der Waals surface area contributed by atoms with Gasteiger partial charge in [0.1, 0.15) is 0 Å². The Labute approximate surface area is 186 Å². The van der Waals surface area contributed by atoms with E-state index < -0.39 is 0 Å². The zero-order chi connectivity index (χ0) is 20.3. The highest BCUT2D eigenvalue weighted by molar-refractivity contribution is 7.60. The Morgan fingerprint density at radius 2 is 1.10 bits per heavy atom. The normalized spacial score (nSPS) is 25.3. The molecule has 2 unspecified atom stereocenters. The second kappa shape index (κ2) is 14.1. The van der Waals surface area contributed by atoms with Crippen molar-refractivity contribution in [3.63, 3.8) is 0 Å². The minimum atomic E-state index is 0.297. The summed E-state index contributed by atoms with van der Waals surface area (Å²) in [7, 11) is 0.630. The van der Waals surface area contributed by atoms with Gasteiger partial charge in [-0.1, -0.05) is 78.1 Å². The maximum absolute atomic E-state index is 2.51. The van der Waals surface area contributed by atoms with E-state index in [0.29, 0.717) is 15.8 Å². The summed E-state index contributed by atoms with van der Waals surface area (Å²) >= 11 is 0. The quantitative estimate of drug-likeness (QED) is 0.281. The van der Waals surface area contributed by atoms with Crippen molar-refractivity contribution in [2.24, 2.45) is 0 Å². The first kappa shape index (κ1) is 24.5. The molecule has 0 saturated heterocycles. The van der Waals surface area contributed by atoms with Crippen LogP contribution in [-0.2, 0) is 0 Å². The lowest BCUT2D eigenvalue weighted by atomic mass is 9.99. The maximum Gasteiger partial charge on any atom is -0.0207 e. The Hall–Kier alpha value is 0.860. The van der Waals surface area contributed by atoms with Crippen molar-refractivity contribution in [3.8, 4) is 0 Å². The van der Waals surface area contributed by atoms with Crippen LogP contribution in [0.3, 0.4) is 0 Å². The molecule has 2 atom stereocenters. The summed E-state index contributed by atoms with van der Waals surface area (Å²) in [5.74, 6) is 0. The molecule has 170 valence electrons. The highest BCUT2D eigenvalue weighted by Gasteiger charge is 2.32. The molecule has 3 aliphatic carbocycles. The third-order valence-electron chi connectivity index (χ3n) is 8.53. The molecule has 0 spiro atoms. The van der Waals surface area contributed by atoms with Gasteiger partial charge in [0.25, 0.3) is 0 Å². The summed E-state index contributed by atoms with van der Waals surface area (Å²) in [5, 5.41) is 0. The van der Waals surface area contributed by atoms with Crippen LogP contribution >= 0.6 is 15.8 Å². The fourth-order valence-corrected chi connectivity index (χ4v) is 15.0. The van der Waals surface area contributed by atoms with Crippen molar-refractivity contribution in [1.82, 2.24) is 0 Å². The molecule has 0 aromatic rings. The van der Waals surface area contributed by atoms with E-state index in [1.54, 1.807) is 95.8 Å². The van der Waals surface area contributed by atoms with E-state index in [0.717, 1.165) is 11.3 Å². The van der Waals surface area contributed by atoms with Gasteiger partial charge in [-0.25, -0.2) is 0 Å².